The Kier molecular flexibility index (Phi) is 7.44. The van der Waals surface area contributed by atoms with Crippen LogP contribution in [0.1, 0.15) is 31.8 Å². The third-order valence-electron chi connectivity index (χ3n) is 5.15. The summed E-state index contributed by atoms with van der Waals surface area (Å²) in [6.07, 6.45) is 0.496. The number of hydrogen-bond acceptors (Lipinski definition) is 2. The molecule has 0 saturated heterocycles. The molecule has 0 aliphatic heterocycles. The second kappa shape index (κ2) is 10.7. The summed E-state index contributed by atoms with van der Waals surface area (Å²) in [6.45, 7) is 0. The lowest BCUT2D eigenvalue weighted by Crippen LogP contribution is -2.12. The minimum atomic E-state index is -0.502. The van der Waals surface area contributed by atoms with E-state index < -0.39 is 23.4 Å². The molecule has 0 aromatic heterocycles. The fourth-order valence-corrected chi connectivity index (χ4v) is 3.92. The number of rotatable bonds is 6. The van der Waals surface area contributed by atoms with Crippen LogP contribution in [0.5, 0.6) is 0 Å². The van der Waals surface area contributed by atoms with Crippen molar-refractivity contribution in [3.05, 3.63) is 129 Å². The number of halogens is 4. The molecule has 0 unspecified atom stereocenters. The smallest absolute Gasteiger partial charge is 0.255 e. The van der Waals surface area contributed by atoms with Crippen molar-refractivity contribution in [3.8, 4) is 0 Å². The van der Waals surface area contributed by atoms with Crippen LogP contribution in [-0.2, 0) is 6.42 Å². The topological polar surface area (TPSA) is 58.2 Å². The number of benzene rings is 4. The van der Waals surface area contributed by atoms with E-state index in [4.69, 9.17) is 23.2 Å². The van der Waals surface area contributed by atoms with Gasteiger partial charge in [0.05, 0.1) is 21.4 Å². The number of anilines is 2. The molecule has 0 aliphatic carbocycles. The van der Waals surface area contributed by atoms with E-state index >= 15 is 0 Å². The van der Waals surface area contributed by atoms with E-state index in [1.165, 1.54) is 36.4 Å². The minimum absolute atomic E-state index is 0.185. The molecule has 0 spiro atoms. The summed E-state index contributed by atoms with van der Waals surface area (Å²) in [7, 11) is 0. The highest BCUT2D eigenvalue weighted by atomic mass is 35.5. The molecule has 176 valence electrons. The number of hydrogen-bond donors (Lipinski definition) is 2. The Labute approximate surface area is 210 Å². The summed E-state index contributed by atoms with van der Waals surface area (Å²) in [5.41, 5.74) is 2.91. The Morgan fingerprint density at radius 1 is 0.629 bits per heavy atom. The maximum Gasteiger partial charge on any atom is 0.255 e. The zero-order valence-corrected chi connectivity index (χ0v) is 19.6. The van der Waals surface area contributed by atoms with E-state index in [-0.39, 0.29) is 11.1 Å². The largest absolute Gasteiger partial charge is 0.321 e. The first kappa shape index (κ1) is 24.4. The summed E-state index contributed by atoms with van der Waals surface area (Å²) < 4.78 is 26.7. The third kappa shape index (κ3) is 6.23. The van der Waals surface area contributed by atoms with E-state index in [1.807, 2.05) is 0 Å². The molecule has 4 aromatic carbocycles. The van der Waals surface area contributed by atoms with Crippen molar-refractivity contribution < 1.29 is 18.4 Å². The van der Waals surface area contributed by atoms with E-state index in [2.05, 4.69) is 10.6 Å². The van der Waals surface area contributed by atoms with Crippen molar-refractivity contribution in [2.75, 3.05) is 10.6 Å². The second-order valence-electron chi connectivity index (χ2n) is 7.73. The molecule has 4 nitrogen and oxygen atoms in total. The van der Waals surface area contributed by atoms with E-state index in [1.54, 1.807) is 36.4 Å². The molecule has 0 saturated carbocycles. The van der Waals surface area contributed by atoms with Crippen LogP contribution < -0.4 is 10.6 Å². The van der Waals surface area contributed by atoms with Crippen molar-refractivity contribution >= 4 is 46.4 Å². The lowest BCUT2D eigenvalue weighted by atomic mass is 10.0. The SMILES string of the molecule is O=C(Nc1ccc(Cc2ccc(NC(=O)c3cccc(F)c3)c(Cl)c2)cc1Cl)c1cccc(F)c1. The zero-order valence-electron chi connectivity index (χ0n) is 18.1. The van der Waals surface area contributed by atoms with Crippen molar-refractivity contribution in [3.63, 3.8) is 0 Å². The Bertz CT molecular complexity index is 1320. The fraction of sp³-hybridized carbons (Fsp3) is 0.0370. The monoisotopic (exact) mass is 510 g/mol. The number of carbonyl (C=O) groups excluding carboxylic acids is 2. The molecule has 0 bridgehead atoms. The molecule has 8 heteroatoms. The molecular formula is C27H18Cl2F2N2O2. The highest BCUT2D eigenvalue weighted by Crippen LogP contribution is 2.28. The molecule has 2 amide bonds. The summed E-state index contributed by atoms with van der Waals surface area (Å²) >= 11 is 12.7. The van der Waals surface area contributed by atoms with Gasteiger partial charge in [-0.1, -0.05) is 47.5 Å². The predicted octanol–water partition coefficient (Wildman–Crippen LogP) is 7.37. The number of nitrogens with one attached hydrogen (secondary N) is 2. The second-order valence-corrected chi connectivity index (χ2v) is 8.55. The van der Waals surface area contributed by atoms with Crippen LogP contribution in [0.4, 0.5) is 20.2 Å². The van der Waals surface area contributed by atoms with Gasteiger partial charge in [0, 0.05) is 11.1 Å². The van der Waals surface area contributed by atoms with Gasteiger partial charge in [-0.25, -0.2) is 8.78 Å². The Balaban J connectivity index is 1.42. The van der Waals surface area contributed by atoms with Crippen LogP contribution >= 0.6 is 23.2 Å². The van der Waals surface area contributed by atoms with Crippen molar-refractivity contribution in [1.29, 1.82) is 0 Å². The van der Waals surface area contributed by atoms with Crippen molar-refractivity contribution in [2.45, 2.75) is 6.42 Å². The first-order chi connectivity index (χ1) is 16.8. The summed E-state index contributed by atoms with van der Waals surface area (Å²) in [4.78, 5) is 24.7. The third-order valence-corrected chi connectivity index (χ3v) is 5.77. The highest BCUT2D eigenvalue weighted by molar-refractivity contribution is 6.34. The van der Waals surface area contributed by atoms with Gasteiger partial charge in [-0.05, 0) is 78.2 Å². The zero-order chi connectivity index (χ0) is 24.9. The van der Waals surface area contributed by atoms with Crippen LogP contribution in [0, 0.1) is 11.6 Å². The molecule has 0 atom stereocenters. The fourth-order valence-electron chi connectivity index (χ4n) is 3.42. The van der Waals surface area contributed by atoms with Gasteiger partial charge in [-0.15, -0.1) is 0 Å². The molecular weight excluding hydrogens is 493 g/mol. The van der Waals surface area contributed by atoms with Gasteiger partial charge >= 0.3 is 0 Å². The first-order valence-corrected chi connectivity index (χ1v) is 11.2. The van der Waals surface area contributed by atoms with Gasteiger partial charge in [-0.2, -0.15) is 0 Å². The van der Waals surface area contributed by atoms with Gasteiger partial charge < -0.3 is 10.6 Å². The minimum Gasteiger partial charge on any atom is -0.321 e. The van der Waals surface area contributed by atoms with Crippen molar-refractivity contribution in [1.82, 2.24) is 0 Å². The summed E-state index contributed by atoms with van der Waals surface area (Å²) in [5.74, 6) is -1.95. The maximum atomic E-state index is 13.4. The van der Waals surface area contributed by atoms with Crippen molar-refractivity contribution in [2.24, 2.45) is 0 Å². The quantitative estimate of drug-likeness (QED) is 0.284. The normalized spacial score (nSPS) is 10.6. The molecule has 4 rings (SSSR count). The van der Waals surface area contributed by atoms with Crippen LogP contribution in [0.2, 0.25) is 10.0 Å². The number of carbonyl (C=O) groups is 2. The highest BCUT2D eigenvalue weighted by Gasteiger charge is 2.12. The Morgan fingerprint density at radius 2 is 1.06 bits per heavy atom. The number of amides is 2. The van der Waals surface area contributed by atoms with Crippen LogP contribution in [0.25, 0.3) is 0 Å². The van der Waals surface area contributed by atoms with Gasteiger partial charge in [0.2, 0.25) is 0 Å². The van der Waals surface area contributed by atoms with Gasteiger partial charge in [0.25, 0.3) is 11.8 Å². The molecule has 0 aliphatic rings. The summed E-state index contributed by atoms with van der Waals surface area (Å²) in [5, 5.41) is 6.01. The molecule has 2 N–H and O–H groups in total. The molecule has 35 heavy (non-hydrogen) atoms. The average molecular weight is 511 g/mol. The summed E-state index contributed by atoms with van der Waals surface area (Å²) in [6, 6.07) is 21.1. The van der Waals surface area contributed by atoms with E-state index in [0.717, 1.165) is 23.3 Å². The van der Waals surface area contributed by atoms with Gasteiger partial charge in [0.1, 0.15) is 11.6 Å². The predicted molar refractivity (Wildman–Crippen MR) is 134 cm³/mol. The molecule has 0 radical (unpaired) electrons. The van der Waals surface area contributed by atoms with E-state index in [0.29, 0.717) is 27.8 Å². The van der Waals surface area contributed by atoms with Gasteiger partial charge in [-0.3, -0.25) is 9.59 Å². The molecule has 4 aromatic rings. The Hall–Kier alpha value is -3.74. The molecule has 0 heterocycles. The lowest BCUT2D eigenvalue weighted by molar-refractivity contribution is 0.101. The van der Waals surface area contributed by atoms with Crippen LogP contribution in [-0.4, -0.2) is 11.8 Å². The lowest BCUT2D eigenvalue weighted by Gasteiger charge is -2.11. The standard InChI is InChI=1S/C27H18Cl2F2N2O2/c28-22-12-16(7-9-24(22)32-26(34)18-3-1-5-20(30)14-18)11-17-8-10-25(23(29)13-17)33-27(35)19-4-2-6-21(31)15-19/h1-10,12-15H,11H2,(H,32,34)(H,33,35). The molecule has 0 fully saturated rings. The first-order valence-electron chi connectivity index (χ1n) is 10.5. The Morgan fingerprint density at radius 3 is 1.43 bits per heavy atom. The van der Waals surface area contributed by atoms with Crippen LogP contribution in [0.15, 0.2) is 84.9 Å². The van der Waals surface area contributed by atoms with Crippen LogP contribution in [0.3, 0.4) is 0 Å². The maximum absolute atomic E-state index is 13.4. The van der Waals surface area contributed by atoms with E-state index in [9.17, 15) is 18.4 Å². The average Bonchev–Trinajstić information content (AvgIpc) is 2.82. The van der Waals surface area contributed by atoms with Gasteiger partial charge in [0.15, 0.2) is 0 Å².